The van der Waals surface area contributed by atoms with Crippen LogP contribution >= 0.6 is 0 Å². The molecule has 7 nitrogen and oxygen atoms in total. The Labute approximate surface area is 103 Å². The predicted octanol–water partition coefficient (Wildman–Crippen LogP) is -1.79. The van der Waals surface area contributed by atoms with Crippen molar-refractivity contribution >= 4 is 0 Å². The van der Waals surface area contributed by atoms with Gasteiger partial charge in [-0.25, -0.2) is 4.79 Å². The number of aromatic nitrogens is 2. The van der Waals surface area contributed by atoms with Crippen LogP contribution in [0.15, 0.2) is 15.8 Å². The van der Waals surface area contributed by atoms with Crippen molar-refractivity contribution in [3.05, 3.63) is 32.6 Å². The van der Waals surface area contributed by atoms with Gasteiger partial charge in [0.05, 0.1) is 25.9 Å². The van der Waals surface area contributed by atoms with Crippen LogP contribution in [0.3, 0.4) is 0 Å². The number of nitrogens with one attached hydrogen (secondary N) is 1. The van der Waals surface area contributed by atoms with Crippen molar-refractivity contribution in [1.29, 1.82) is 0 Å². The largest absolute Gasteiger partial charge is 0.396 e. The summed E-state index contributed by atoms with van der Waals surface area (Å²) in [5, 5.41) is 18.9. The number of H-pyrrole nitrogens is 1. The molecule has 2 rings (SSSR count). The van der Waals surface area contributed by atoms with Crippen molar-refractivity contribution in [2.24, 2.45) is 5.92 Å². The summed E-state index contributed by atoms with van der Waals surface area (Å²) >= 11 is 0. The highest BCUT2D eigenvalue weighted by Gasteiger charge is 2.35. The van der Waals surface area contributed by atoms with E-state index in [1.54, 1.807) is 6.92 Å². The zero-order valence-electron chi connectivity index (χ0n) is 10.00. The van der Waals surface area contributed by atoms with E-state index in [9.17, 15) is 14.7 Å². The maximum atomic E-state index is 11.6. The van der Waals surface area contributed by atoms with E-state index in [1.807, 2.05) is 0 Å². The number of aliphatic hydroxyl groups excluding tert-OH is 2. The van der Waals surface area contributed by atoms with Gasteiger partial charge in [0.15, 0.2) is 0 Å². The molecule has 18 heavy (non-hydrogen) atoms. The molecule has 2 heterocycles. The third kappa shape index (κ3) is 2.38. The molecular formula is C11H16N2O5. The van der Waals surface area contributed by atoms with Crippen molar-refractivity contribution < 1.29 is 14.9 Å². The van der Waals surface area contributed by atoms with Gasteiger partial charge in [-0.05, 0) is 6.92 Å². The van der Waals surface area contributed by atoms with E-state index in [2.05, 4.69) is 4.98 Å². The molecule has 0 saturated carbocycles. The first-order chi connectivity index (χ1) is 8.52. The van der Waals surface area contributed by atoms with E-state index in [0.717, 1.165) is 0 Å². The quantitative estimate of drug-likeness (QED) is 0.592. The van der Waals surface area contributed by atoms with Gasteiger partial charge < -0.3 is 14.9 Å². The van der Waals surface area contributed by atoms with Gasteiger partial charge in [-0.2, -0.15) is 0 Å². The number of aromatic amines is 1. The van der Waals surface area contributed by atoms with Crippen molar-refractivity contribution in [2.45, 2.75) is 25.7 Å². The van der Waals surface area contributed by atoms with Crippen LogP contribution in [0.4, 0.5) is 0 Å². The lowest BCUT2D eigenvalue weighted by molar-refractivity contribution is 0.0240. The zero-order chi connectivity index (χ0) is 13.3. The van der Waals surface area contributed by atoms with Crippen LogP contribution in [0.2, 0.25) is 0 Å². The fourth-order valence-corrected chi connectivity index (χ4v) is 2.02. The van der Waals surface area contributed by atoms with E-state index in [1.165, 1.54) is 10.8 Å². The van der Waals surface area contributed by atoms with Gasteiger partial charge in [0.25, 0.3) is 5.56 Å². The molecule has 1 aromatic rings. The number of nitrogens with zero attached hydrogens (tertiary/aromatic N) is 1. The Morgan fingerprint density at radius 3 is 2.89 bits per heavy atom. The van der Waals surface area contributed by atoms with E-state index in [0.29, 0.717) is 5.56 Å². The van der Waals surface area contributed by atoms with Crippen LogP contribution in [0.5, 0.6) is 0 Å². The number of rotatable bonds is 3. The predicted molar refractivity (Wildman–Crippen MR) is 62.4 cm³/mol. The molecule has 3 N–H and O–H groups in total. The second-order valence-corrected chi connectivity index (χ2v) is 4.53. The summed E-state index contributed by atoms with van der Waals surface area (Å²) in [5.74, 6) is -0.324. The van der Waals surface area contributed by atoms with Crippen molar-refractivity contribution in [1.82, 2.24) is 9.55 Å². The van der Waals surface area contributed by atoms with Crippen LogP contribution < -0.4 is 11.2 Å². The molecule has 1 aliphatic rings. The lowest BCUT2D eigenvalue weighted by atomic mass is 10.0. The van der Waals surface area contributed by atoms with Crippen LogP contribution in [0, 0.1) is 12.8 Å². The second-order valence-electron chi connectivity index (χ2n) is 4.53. The van der Waals surface area contributed by atoms with Gasteiger partial charge in [0, 0.05) is 17.7 Å². The molecule has 0 spiro atoms. The molecule has 1 aliphatic heterocycles. The van der Waals surface area contributed by atoms with Crippen LogP contribution in [-0.4, -0.2) is 45.2 Å². The second kappa shape index (κ2) is 5.05. The molecule has 100 valence electrons. The fraction of sp³-hybridized carbons (Fsp3) is 0.636. The van der Waals surface area contributed by atoms with Crippen molar-refractivity contribution in [2.75, 3.05) is 13.2 Å². The monoisotopic (exact) mass is 256 g/mol. The minimum Gasteiger partial charge on any atom is -0.396 e. The molecule has 0 aliphatic carbocycles. The van der Waals surface area contributed by atoms with Crippen molar-refractivity contribution in [3.8, 4) is 0 Å². The fourth-order valence-electron chi connectivity index (χ4n) is 2.02. The Balaban J connectivity index is 2.18. The Hall–Kier alpha value is -1.44. The SMILES string of the molecule is Cc1cn(C[C@@H]2OC[C@@H](CO)[C@H]2O)c(=O)[nH]c1=O. The average molecular weight is 256 g/mol. The summed E-state index contributed by atoms with van der Waals surface area (Å²) in [6.45, 7) is 1.85. The smallest absolute Gasteiger partial charge is 0.328 e. The van der Waals surface area contributed by atoms with Crippen LogP contribution in [0.1, 0.15) is 5.56 Å². The Bertz CT molecular complexity index is 535. The summed E-state index contributed by atoms with van der Waals surface area (Å²) in [6.07, 6.45) is 0.0723. The zero-order valence-corrected chi connectivity index (χ0v) is 10.00. The van der Waals surface area contributed by atoms with Gasteiger partial charge in [-0.15, -0.1) is 0 Å². The highest BCUT2D eigenvalue weighted by atomic mass is 16.5. The molecule has 0 aromatic carbocycles. The summed E-state index contributed by atoms with van der Waals surface area (Å²) in [5.41, 5.74) is -0.535. The molecule has 1 saturated heterocycles. The van der Waals surface area contributed by atoms with Gasteiger partial charge in [0.2, 0.25) is 0 Å². The highest BCUT2D eigenvalue weighted by Crippen LogP contribution is 2.20. The molecular weight excluding hydrogens is 240 g/mol. The lowest BCUT2D eigenvalue weighted by Crippen LogP contribution is -2.38. The molecule has 0 amide bonds. The number of aryl methyl sites for hydroxylation is 1. The van der Waals surface area contributed by atoms with Crippen molar-refractivity contribution in [3.63, 3.8) is 0 Å². The molecule has 1 aromatic heterocycles. The van der Waals surface area contributed by atoms with E-state index >= 15 is 0 Å². The third-order valence-electron chi connectivity index (χ3n) is 3.19. The molecule has 0 unspecified atom stereocenters. The van der Waals surface area contributed by atoms with Crippen LogP contribution in [0.25, 0.3) is 0 Å². The molecule has 0 bridgehead atoms. The van der Waals surface area contributed by atoms with Gasteiger partial charge >= 0.3 is 5.69 Å². The Morgan fingerprint density at radius 1 is 1.56 bits per heavy atom. The topological polar surface area (TPSA) is 105 Å². The maximum absolute atomic E-state index is 11.6. The third-order valence-corrected chi connectivity index (χ3v) is 3.19. The number of hydrogen-bond donors (Lipinski definition) is 3. The number of hydrogen-bond acceptors (Lipinski definition) is 5. The summed E-state index contributed by atoms with van der Waals surface area (Å²) in [7, 11) is 0. The van der Waals surface area contributed by atoms with E-state index in [4.69, 9.17) is 9.84 Å². The maximum Gasteiger partial charge on any atom is 0.328 e. The normalized spacial score (nSPS) is 27.6. The first-order valence-electron chi connectivity index (χ1n) is 5.74. The average Bonchev–Trinajstić information content (AvgIpc) is 2.67. The van der Waals surface area contributed by atoms with E-state index < -0.39 is 23.5 Å². The Kier molecular flexibility index (Phi) is 3.65. The standard InChI is InChI=1S/C11H16N2O5/c1-6-2-13(11(17)12-10(6)16)3-8-9(15)7(4-14)5-18-8/h2,7-9,14-15H,3-5H2,1H3,(H,12,16,17)/t7-,8+,9-/m1/s1. The minimum absolute atomic E-state index is 0.147. The lowest BCUT2D eigenvalue weighted by Gasteiger charge is -2.17. The number of ether oxygens (including phenoxy) is 1. The van der Waals surface area contributed by atoms with Gasteiger partial charge in [0.1, 0.15) is 6.10 Å². The van der Waals surface area contributed by atoms with E-state index in [-0.39, 0.29) is 25.7 Å². The number of aliphatic hydroxyl groups is 2. The van der Waals surface area contributed by atoms with Crippen LogP contribution in [-0.2, 0) is 11.3 Å². The van der Waals surface area contributed by atoms with Gasteiger partial charge in [-0.1, -0.05) is 0 Å². The summed E-state index contributed by atoms with van der Waals surface area (Å²) in [4.78, 5) is 25.0. The summed E-state index contributed by atoms with van der Waals surface area (Å²) in [6, 6.07) is 0. The highest BCUT2D eigenvalue weighted by molar-refractivity contribution is 5.01. The summed E-state index contributed by atoms with van der Waals surface area (Å²) < 4.78 is 6.63. The molecule has 1 fully saturated rings. The molecule has 7 heteroatoms. The minimum atomic E-state index is -0.811. The first kappa shape index (κ1) is 13.0. The molecule has 3 atom stereocenters. The van der Waals surface area contributed by atoms with Gasteiger partial charge in [-0.3, -0.25) is 14.3 Å². The first-order valence-corrected chi connectivity index (χ1v) is 5.74. The molecule has 0 radical (unpaired) electrons. The Morgan fingerprint density at radius 2 is 2.28 bits per heavy atom.